The zero-order valence-corrected chi connectivity index (χ0v) is 12.7. The molecule has 3 aromatic rings. The van der Waals surface area contributed by atoms with Crippen molar-refractivity contribution in [3.63, 3.8) is 0 Å². The zero-order chi connectivity index (χ0) is 18.0. The Bertz CT molecular complexity index is 996. The van der Waals surface area contributed by atoms with Crippen LogP contribution in [-0.2, 0) is 17.5 Å². The molecule has 25 heavy (non-hydrogen) atoms. The molecule has 0 fully saturated rings. The molecule has 0 aliphatic heterocycles. The number of carbonyl (C=O) groups excluding carboxylic acids is 1. The lowest BCUT2D eigenvalue weighted by molar-refractivity contribution is -0.139. The van der Waals surface area contributed by atoms with E-state index in [2.05, 4.69) is 4.98 Å². The van der Waals surface area contributed by atoms with E-state index in [-0.39, 0.29) is 5.75 Å². The zero-order valence-electron chi connectivity index (χ0n) is 12.7. The first-order valence-corrected chi connectivity index (χ1v) is 7.17. The monoisotopic (exact) mass is 348 g/mol. The van der Waals surface area contributed by atoms with Crippen LogP contribution in [0.2, 0.25) is 0 Å². The molecule has 0 saturated carbocycles. The molecule has 0 unspecified atom stereocenters. The number of esters is 1. The molecule has 0 amide bonds. The van der Waals surface area contributed by atoms with Gasteiger partial charge in [0.1, 0.15) is 12.3 Å². The number of aromatic nitrogens is 2. The summed E-state index contributed by atoms with van der Waals surface area (Å²) >= 11 is 0. The Hall–Kier alpha value is -3.16. The van der Waals surface area contributed by atoms with Crippen LogP contribution >= 0.6 is 0 Å². The van der Waals surface area contributed by atoms with Crippen LogP contribution in [0.25, 0.3) is 10.9 Å². The minimum atomic E-state index is -4.54. The second kappa shape index (κ2) is 6.39. The first kappa shape index (κ1) is 16.7. The average Bonchev–Trinajstić information content (AvgIpc) is 2.57. The minimum Gasteiger partial charge on any atom is -0.425 e. The Balaban J connectivity index is 1.80. The van der Waals surface area contributed by atoms with Crippen molar-refractivity contribution in [2.24, 2.45) is 0 Å². The third-order valence-corrected chi connectivity index (χ3v) is 3.42. The highest BCUT2D eigenvalue weighted by Gasteiger charge is 2.30. The molecular formula is C17H11F3N2O3. The molecule has 0 atom stereocenters. The van der Waals surface area contributed by atoms with E-state index >= 15 is 0 Å². The van der Waals surface area contributed by atoms with Crippen molar-refractivity contribution in [1.29, 1.82) is 0 Å². The van der Waals surface area contributed by atoms with E-state index < -0.39 is 29.8 Å². The summed E-state index contributed by atoms with van der Waals surface area (Å²) in [5, 5.41) is 0.330. The summed E-state index contributed by atoms with van der Waals surface area (Å²) in [6.45, 7) is -0.465. The van der Waals surface area contributed by atoms with E-state index in [0.29, 0.717) is 10.9 Å². The van der Waals surface area contributed by atoms with E-state index in [1.807, 2.05) is 0 Å². The van der Waals surface area contributed by atoms with E-state index in [9.17, 15) is 22.8 Å². The van der Waals surface area contributed by atoms with Crippen LogP contribution in [0.15, 0.2) is 59.7 Å². The van der Waals surface area contributed by atoms with Crippen LogP contribution in [-0.4, -0.2) is 15.5 Å². The van der Waals surface area contributed by atoms with Crippen LogP contribution in [0.4, 0.5) is 13.2 Å². The van der Waals surface area contributed by atoms with Gasteiger partial charge in [-0.05, 0) is 30.3 Å². The number of benzene rings is 2. The lowest BCUT2D eigenvalue weighted by Gasteiger charge is -2.10. The number of nitrogens with zero attached hydrogens (tertiary/aromatic N) is 2. The van der Waals surface area contributed by atoms with Crippen molar-refractivity contribution in [1.82, 2.24) is 9.55 Å². The highest BCUT2D eigenvalue weighted by atomic mass is 19.4. The van der Waals surface area contributed by atoms with E-state index in [1.165, 1.54) is 12.4 Å². The molecule has 2 aromatic carbocycles. The number of hydrogen-bond acceptors (Lipinski definition) is 4. The van der Waals surface area contributed by atoms with Crippen LogP contribution in [0.5, 0.6) is 5.75 Å². The number of hydrogen-bond donors (Lipinski definition) is 0. The molecule has 0 aliphatic rings. The maximum absolute atomic E-state index is 12.7. The summed E-state index contributed by atoms with van der Waals surface area (Å²) in [6, 6.07) is 10.6. The number of alkyl halides is 3. The highest BCUT2D eigenvalue weighted by Crippen LogP contribution is 2.31. The molecule has 3 rings (SSSR count). The molecular weight excluding hydrogens is 337 g/mol. The fraction of sp³-hybridized carbons (Fsp3) is 0.118. The van der Waals surface area contributed by atoms with Gasteiger partial charge in [-0.15, -0.1) is 0 Å². The number of ether oxygens (including phenoxy) is 1. The highest BCUT2D eigenvalue weighted by molar-refractivity contribution is 5.78. The molecule has 0 spiro atoms. The number of carbonyl (C=O) groups is 1. The molecule has 0 bridgehead atoms. The number of para-hydroxylation sites is 1. The van der Waals surface area contributed by atoms with Gasteiger partial charge < -0.3 is 4.74 Å². The Morgan fingerprint density at radius 2 is 1.88 bits per heavy atom. The number of rotatable bonds is 3. The van der Waals surface area contributed by atoms with Crippen molar-refractivity contribution in [2.75, 3.05) is 0 Å². The van der Waals surface area contributed by atoms with Gasteiger partial charge in [-0.25, -0.2) is 9.78 Å². The summed E-state index contributed by atoms with van der Waals surface area (Å²) in [4.78, 5) is 28.3. The Morgan fingerprint density at radius 1 is 1.12 bits per heavy atom. The standard InChI is InChI=1S/C17H11F3N2O3/c18-17(19,20)11-4-3-5-12(8-11)25-15(23)9-22-10-21-14-7-2-1-6-13(14)16(22)24/h1-8,10H,9H2. The predicted molar refractivity (Wildman–Crippen MR) is 83.1 cm³/mol. The lowest BCUT2D eigenvalue weighted by Crippen LogP contribution is -2.26. The minimum absolute atomic E-state index is 0.248. The molecule has 5 nitrogen and oxygen atoms in total. The fourth-order valence-electron chi connectivity index (χ4n) is 2.26. The maximum atomic E-state index is 12.7. The predicted octanol–water partition coefficient (Wildman–Crippen LogP) is 3.02. The second-order valence-electron chi connectivity index (χ2n) is 5.19. The number of halogens is 3. The first-order chi connectivity index (χ1) is 11.8. The summed E-state index contributed by atoms with van der Waals surface area (Å²) in [5.41, 5.74) is -0.885. The van der Waals surface area contributed by atoms with E-state index in [0.717, 1.165) is 22.8 Å². The lowest BCUT2D eigenvalue weighted by atomic mass is 10.2. The van der Waals surface area contributed by atoms with Crippen LogP contribution in [0.3, 0.4) is 0 Å². The quantitative estimate of drug-likeness (QED) is 0.539. The molecule has 0 radical (unpaired) electrons. The SMILES string of the molecule is O=C(Cn1cnc2ccccc2c1=O)Oc1cccc(C(F)(F)F)c1. The normalized spacial score (nSPS) is 11.5. The van der Waals surface area contributed by atoms with Gasteiger partial charge in [-0.1, -0.05) is 18.2 Å². The summed E-state index contributed by atoms with van der Waals surface area (Å²) < 4.78 is 43.9. The second-order valence-corrected chi connectivity index (χ2v) is 5.19. The molecule has 0 aliphatic carbocycles. The Morgan fingerprint density at radius 3 is 2.64 bits per heavy atom. The van der Waals surface area contributed by atoms with Gasteiger partial charge in [0.15, 0.2) is 0 Å². The molecule has 128 valence electrons. The van der Waals surface area contributed by atoms with Crippen molar-refractivity contribution in [3.8, 4) is 5.75 Å². The molecule has 1 aromatic heterocycles. The van der Waals surface area contributed by atoms with Gasteiger partial charge >= 0.3 is 12.1 Å². The Kier molecular flexibility index (Phi) is 4.26. The fourth-order valence-corrected chi connectivity index (χ4v) is 2.26. The topological polar surface area (TPSA) is 61.2 Å². The average molecular weight is 348 g/mol. The summed E-state index contributed by atoms with van der Waals surface area (Å²) in [5.74, 6) is -1.12. The van der Waals surface area contributed by atoms with E-state index in [4.69, 9.17) is 4.74 Å². The van der Waals surface area contributed by atoms with Crippen molar-refractivity contribution < 1.29 is 22.7 Å². The van der Waals surface area contributed by atoms with Crippen molar-refractivity contribution in [2.45, 2.75) is 12.7 Å². The van der Waals surface area contributed by atoms with Gasteiger partial charge in [-0.3, -0.25) is 9.36 Å². The Labute approximate surface area is 139 Å². The third-order valence-electron chi connectivity index (χ3n) is 3.42. The molecule has 0 N–H and O–H groups in total. The van der Waals surface area contributed by atoms with Gasteiger partial charge in [0, 0.05) is 0 Å². The number of fused-ring (bicyclic) bond motifs is 1. The van der Waals surface area contributed by atoms with E-state index in [1.54, 1.807) is 24.3 Å². The third kappa shape index (κ3) is 3.68. The molecule has 1 heterocycles. The molecule has 0 saturated heterocycles. The smallest absolute Gasteiger partial charge is 0.416 e. The van der Waals surface area contributed by atoms with Gasteiger partial charge in [-0.2, -0.15) is 13.2 Å². The van der Waals surface area contributed by atoms with Crippen molar-refractivity contribution in [3.05, 3.63) is 70.8 Å². The van der Waals surface area contributed by atoms with Crippen LogP contribution in [0.1, 0.15) is 5.56 Å². The summed E-state index contributed by atoms with van der Waals surface area (Å²) in [7, 11) is 0. The van der Waals surface area contributed by atoms with Crippen LogP contribution < -0.4 is 10.3 Å². The maximum Gasteiger partial charge on any atom is 0.416 e. The van der Waals surface area contributed by atoms with Gasteiger partial charge in [0.05, 0.1) is 22.8 Å². The molecule has 8 heteroatoms. The first-order valence-electron chi connectivity index (χ1n) is 7.17. The van der Waals surface area contributed by atoms with Gasteiger partial charge in [0.2, 0.25) is 0 Å². The largest absolute Gasteiger partial charge is 0.425 e. The van der Waals surface area contributed by atoms with Gasteiger partial charge in [0.25, 0.3) is 5.56 Å². The van der Waals surface area contributed by atoms with Crippen LogP contribution in [0, 0.1) is 0 Å². The summed E-state index contributed by atoms with van der Waals surface area (Å²) in [6.07, 6.45) is -3.35. The van der Waals surface area contributed by atoms with Crippen molar-refractivity contribution >= 4 is 16.9 Å².